The molecule has 1 aromatic carbocycles. The summed E-state index contributed by atoms with van der Waals surface area (Å²) in [4.78, 5) is 17.5. The lowest BCUT2D eigenvalue weighted by molar-refractivity contribution is 0.412. The third kappa shape index (κ3) is 2.25. The van der Waals surface area contributed by atoms with E-state index in [-0.39, 0.29) is 5.56 Å². The van der Waals surface area contributed by atoms with Gasteiger partial charge in [0.25, 0.3) is 5.56 Å². The molecule has 24 heavy (non-hydrogen) atoms. The molecule has 0 aliphatic heterocycles. The summed E-state index contributed by atoms with van der Waals surface area (Å²) in [6.07, 6.45) is 5.18. The third-order valence-electron chi connectivity index (χ3n) is 3.83. The van der Waals surface area contributed by atoms with Gasteiger partial charge in [0.05, 0.1) is 30.3 Å². The van der Waals surface area contributed by atoms with Gasteiger partial charge in [-0.2, -0.15) is 5.10 Å². The largest absolute Gasteiger partial charge is 0.495 e. The Hall–Kier alpha value is -3.41. The maximum atomic E-state index is 13.0. The van der Waals surface area contributed by atoms with Gasteiger partial charge in [-0.15, -0.1) is 0 Å². The highest BCUT2D eigenvalue weighted by Gasteiger charge is 2.12. The summed E-state index contributed by atoms with van der Waals surface area (Å²) < 4.78 is 8.58. The van der Waals surface area contributed by atoms with Gasteiger partial charge in [0, 0.05) is 18.5 Å². The molecule has 118 valence electrons. The van der Waals surface area contributed by atoms with E-state index in [2.05, 4.69) is 10.1 Å². The fourth-order valence-corrected chi connectivity index (χ4v) is 2.67. The molecule has 3 aromatic heterocycles. The molecule has 0 spiro atoms. The standard InChI is InChI=1S/C18H14N4O2/c1-24-16-7-3-2-6-15(16)21-11-4-5-13(18(21)23)14-9-12-22-17(20-14)8-10-19-22/h2-12H,1H3. The van der Waals surface area contributed by atoms with Gasteiger partial charge in [-0.05, 0) is 30.3 Å². The average molecular weight is 318 g/mol. The van der Waals surface area contributed by atoms with Gasteiger partial charge in [-0.1, -0.05) is 12.1 Å². The number of ether oxygens (including phenoxy) is 1. The Morgan fingerprint density at radius 3 is 2.75 bits per heavy atom. The molecule has 6 nitrogen and oxygen atoms in total. The van der Waals surface area contributed by atoms with E-state index in [4.69, 9.17) is 4.74 Å². The highest BCUT2D eigenvalue weighted by molar-refractivity contribution is 5.61. The molecule has 3 heterocycles. The van der Waals surface area contributed by atoms with Crippen molar-refractivity contribution in [2.75, 3.05) is 7.11 Å². The first-order chi connectivity index (χ1) is 11.8. The fourth-order valence-electron chi connectivity index (χ4n) is 2.67. The summed E-state index contributed by atoms with van der Waals surface area (Å²) in [5.41, 5.74) is 2.36. The minimum Gasteiger partial charge on any atom is -0.495 e. The molecular weight excluding hydrogens is 304 g/mol. The van der Waals surface area contributed by atoms with Crippen LogP contribution < -0.4 is 10.3 Å². The molecule has 0 saturated carbocycles. The van der Waals surface area contributed by atoms with Crippen LogP contribution >= 0.6 is 0 Å². The lowest BCUT2D eigenvalue weighted by Gasteiger charge is -2.11. The molecule has 0 aliphatic carbocycles. The molecule has 0 atom stereocenters. The summed E-state index contributed by atoms with van der Waals surface area (Å²) in [6, 6.07) is 14.6. The molecule has 0 N–H and O–H groups in total. The highest BCUT2D eigenvalue weighted by atomic mass is 16.5. The van der Waals surface area contributed by atoms with E-state index in [1.165, 1.54) is 0 Å². The zero-order chi connectivity index (χ0) is 16.5. The Balaban J connectivity index is 1.91. The van der Waals surface area contributed by atoms with Crippen LogP contribution in [0.3, 0.4) is 0 Å². The Kier molecular flexibility index (Phi) is 3.35. The molecule has 6 heteroatoms. The van der Waals surface area contributed by atoms with Crippen molar-refractivity contribution in [1.29, 1.82) is 0 Å². The van der Waals surface area contributed by atoms with Crippen LogP contribution in [0, 0.1) is 0 Å². The van der Waals surface area contributed by atoms with E-state index in [9.17, 15) is 4.79 Å². The molecule has 0 unspecified atom stereocenters. The minimum atomic E-state index is -0.154. The normalized spacial score (nSPS) is 10.9. The second-order valence-corrected chi connectivity index (χ2v) is 5.22. The van der Waals surface area contributed by atoms with E-state index >= 15 is 0 Å². The molecule has 4 rings (SSSR count). The zero-order valence-corrected chi connectivity index (χ0v) is 13.0. The van der Waals surface area contributed by atoms with Gasteiger partial charge in [0.2, 0.25) is 0 Å². The van der Waals surface area contributed by atoms with Crippen molar-refractivity contribution in [2.24, 2.45) is 0 Å². The maximum absolute atomic E-state index is 13.0. The summed E-state index contributed by atoms with van der Waals surface area (Å²) in [7, 11) is 1.59. The van der Waals surface area contributed by atoms with Gasteiger partial charge in [-0.3, -0.25) is 9.36 Å². The van der Waals surface area contributed by atoms with Crippen LogP contribution in [-0.4, -0.2) is 26.3 Å². The second kappa shape index (κ2) is 5.66. The number of hydrogen-bond acceptors (Lipinski definition) is 4. The monoisotopic (exact) mass is 318 g/mol. The number of rotatable bonds is 3. The van der Waals surface area contributed by atoms with Gasteiger partial charge in [0.15, 0.2) is 5.65 Å². The summed E-state index contributed by atoms with van der Waals surface area (Å²) in [5, 5.41) is 4.12. The van der Waals surface area contributed by atoms with Crippen molar-refractivity contribution in [3.8, 4) is 22.7 Å². The summed E-state index contributed by atoms with van der Waals surface area (Å²) >= 11 is 0. The summed E-state index contributed by atoms with van der Waals surface area (Å²) in [5.74, 6) is 0.635. The number of hydrogen-bond donors (Lipinski definition) is 0. The first-order valence-electron chi connectivity index (χ1n) is 7.44. The predicted molar refractivity (Wildman–Crippen MR) is 90.6 cm³/mol. The average Bonchev–Trinajstić information content (AvgIpc) is 3.09. The highest BCUT2D eigenvalue weighted by Crippen LogP contribution is 2.22. The van der Waals surface area contributed by atoms with Crippen LogP contribution in [-0.2, 0) is 0 Å². The zero-order valence-electron chi connectivity index (χ0n) is 13.0. The van der Waals surface area contributed by atoms with Gasteiger partial charge in [-0.25, -0.2) is 9.50 Å². The lowest BCUT2D eigenvalue weighted by Crippen LogP contribution is -2.20. The minimum absolute atomic E-state index is 0.154. The Bertz CT molecular complexity index is 1080. The number of benzene rings is 1. The molecule has 0 fully saturated rings. The quantitative estimate of drug-likeness (QED) is 0.582. The number of nitrogens with zero attached hydrogens (tertiary/aromatic N) is 4. The first-order valence-corrected chi connectivity index (χ1v) is 7.44. The van der Waals surface area contributed by atoms with Crippen LogP contribution in [0.25, 0.3) is 22.6 Å². The molecule has 4 aromatic rings. The number of pyridine rings is 1. The summed E-state index contributed by atoms with van der Waals surface area (Å²) in [6.45, 7) is 0. The van der Waals surface area contributed by atoms with Crippen LogP contribution in [0.2, 0.25) is 0 Å². The molecule has 0 aliphatic rings. The SMILES string of the molecule is COc1ccccc1-n1cccc(-c2ccn3nccc3n2)c1=O. The first kappa shape index (κ1) is 14.2. The van der Waals surface area contributed by atoms with E-state index in [1.54, 1.807) is 53.0 Å². The molecule has 0 radical (unpaired) electrons. The Labute approximate surface area is 137 Å². The smallest absolute Gasteiger partial charge is 0.264 e. The van der Waals surface area contributed by atoms with Crippen LogP contribution in [0.5, 0.6) is 5.75 Å². The molecule has 0 saturated heterocycles. The second-order valence-electron chi connectivity index (χ2n) is 5.22. The fraction of sp³-hybridized carbons (Fsp3) is 0.0556. The van der Waals surface area contributed by atoms with Crippen molar-refractivity contribution in [2.45, 2.75) is 0 Å². The number of para-hydroxylation sites is 2. The van der Waals surface area contributed by atoms with Crippen molar-refractivity contribution in [3.63, 3.8) is 0 Å². The van der Waals surface area contributed by atoms with Crippen LogP contribution in [0.4, 0.5) is 0 Å². The predicted octanol–water partition coefficient (Wildman–Crippen LogP) is 2.56. The van der Waals surface area contributed by atoms with Crippen LogP contribution in [0.15, 0.2) is 71.9 Å². The lowest BCUT2D eigenvalue weighted by atomic mass is 10.2. The van der Waals surface area contributed by atoms with Gasteiger partial charge in [0.1, 0.15) is 5.75 Å². The molecule has 0 bridgehead atoms. The van der Waals surface area contributed by atoms with Crippen molar-refractivity contribution < 1.29 is 4.74 Å². The molecule has 0 amide bonds. The third-order valence-corrected chi connectivity index (χ3v) is 3.83. The van der Waals surface area contributed by atoms with Crippen LogP contribution in [0.1, 0.15) is 0 Å². The van der Waals surface area contributed by atoms with Gasteiger partial charge >= 0.3 is 0 Å². The van der Waals surface area contributed by atoms with E-state index in [0.29, 0.717) is 28.3 Å². The van der Waals surface area contributed by atoms with Crippen molar-refractivity contribution in [3.05, 3.63) is 77.5 Å². The topological polar surface area (TPSA) is 61.4 Å². The maximum Gasteiger partial charge on any atom is 0.264 e. The Morgan fingerprint density at radius 2 is 1.88 bits per heavy atom. The van der Waals surface area contributed by atoms with Crippen molar-refractivity contribution >= 4 is 5.65 Å². The van der Waals surface area contributed by atoms with Crippen molar-refractivity contribution in [1.82, 2.24) is 19.2 Å². The molecular formula is C18H14N4O2. The number of fused-ring (bicyclic) bond motifs is 1. The van der Waals surface area contributed by atoms with E-state index in [1.807, 2.05) is 30.3 Å². The number of methoxy groups -OCH3 is 1. The number of aromatic nitrogens is 4. The Morgan fingerprint density at radius 1 is 1.00 bits per heavy atom. The van der Waals surface area contributed by atoms with Gasteiger partial charge < -0.3 is 4.74 Å². The van der Waals surface area contributed by atoms with E-state index < -0.39 is 0 Å². The van der Waals surface area contributed by atoms with E-state index in [0.717, 1.165) is 0 Å².